The zero-order chi connectivity index (χ0) is 22.0. The lowest BCUT2D eigenvalue weighted by atomic mass is 9.84. The lowest BCUT2D eigenvalue weighted by molar-refractivity contribution is -0.147. The molecule has 2 aliphatic heterocycles. The van der Waals surface area contributed by atoms with Crippen molar-refractivity contribution in [2.24, 2.45) is 0 Å². The number of fused-ring (bicyclic) bond motifs is 3. The van der Waals surface area contributed by atoms with Gasteiger partial charge in [0.25, 0.3) is 0 Å². The van der Waals surface area contributed by atoms with Crippen LogP contribution in [0.5, 0.6) is 5.75 Å². The highest BCUT2D eigenvalue weighted by atomic mass is 16.6. The van der Waals surface area contributed by atoms with E-state index in [1.165, 1.54) is 4.90 Å². The molecule has 0 unspecified atom stereocenters. The first-order chi connectivity index (χ1) is 14.9. The van der Waals surface area contributed by atoms with E-state index in [1.54, 1.807) is 20.2 Å². The maximum atomic E-state index is 12.4. The van der Waals surface area contributed by atoms with Crippen LogP contribution in [-0.2, 0) is 9.53 Å². The number of aliphatic hydroxyl groups excluding tert-OH is 1. The number of rotatable bonds is 5. The number of carbonyl (C=O) groups is 2. The predicted molar refractivity (Wildman–Crippen MR) is 116 cm³/mol. The molecule has 4 rings (SSSR count). The van der Waals surface area contributed by atoms with Crippen molar-refractivity contribution < 1.29 is 24.2 Å². The van der Waals surface area contributed by atoms with Gasteiger partial charge in [0.1, 0.15) is 18.0 Å². The molecule has 0 radical (unpaired) electrons. The second kappa shape index (κ2) is 8.95. The van der Waals surface area contributed by atoms with E-state index in [0.29, 0.717) is 23.5 Å². The first-order valence-electron chi connectivity index (χ1n) is 10.3. The third-order valence-electron chi connectivity index (χ3n) is 5.69. The number of amides is 3. The van der Waals surface area contributed by atoms with Crippen molar-refractivity contribution in [2.45, 2.75) is 37.1 Å². The Morgan fingerprint density at radius 2 is 1.84 bits per heavy atom. The second-order valence-corrected chi connectivity index (χ2v) is 8.09. The van der Waals surface area contributed by atoms with Crippen molar-refractivity contribution in [1.29, 1.82) is 0 Å². The van der Waals surface area contributed by atoms with E-state index in [0.717, 1.165) is 5.56 Å². The molecule has 164 valence electrons. The van der Waals surface area contributed by atoms with Gasteiger partial charge in [-0.2, -0.15) is 0 Å². The largest absolute Gasteiger partial charge is 0.487 e. The van der Waals surface area contributed by atoms with Crippen LogP contribution in [0.25, 0.3) is 0 Å². The van der Waals surface area contributed by atoms with E-state index < -0.39 is 6.10 Å². The molecule has 2 aromatic carbocycles. The summed E-state index contributed by atoms with van der Waals surface area (Å²) in [6, 6.07) is 14.4. The van der Waals surface area contributed by atoms with Gasteiger partial charge in [-0.1, -0.05) is 18.2 Å². The summed E-state index contributed by atoms with van der Waals surface area (Å²) in [4.78, 5) is 26.1. The summed E-state index contributed by atoms with van der Waals surface area (Å²) in [5.41, 5.74) is 2.30. The van der Waals surface area contributed by atoms with Gasteiger partial charge in [0, 0.05) is 37.0 Å². The fourth-order valence-electron chi connectivity index (χ4n) is 4.16. The number of nitrogens with zero attached hydrogens (tertiary/aromatic N) is 1. The molecule has 2 aliphatic rings. The Balaban J connectivity index is 1.49. The van der Waals surface area contributed by atoms with Gasteiger partial charge in [0.15, 0.2) is 0 Å². The summed E-state index contributed by atoms with van der Waals surface area (Å²) in [6.45, 7) is -0.188. The molecular formula is C23H27N3O5. The summed E-state index contributed by atoms with van der Waals surface area (Å²) in [6.07, 6.45) is -0.281. The second-order valence-electron chi connectivity index (χ2n) is 8.09. The Kier molecular flexibility index (Phi) is 6.11. The van der Waals surface area contributed by atoms with Crippen molar-refractivity contribution in [1.82, 2.24) is 4.90 Å². The van der Waals surface area contributed by atoms with Crippen molar-refractivity contribution in [3.05, 3.63) is 54.1 Å². The van der Waals surface area contributed by atoms with E-state index in [2.05, 4.69) is 10.6 Å². The van der Waals surface area contributed by atoms with Gasteiger partial charge < -0.3 is 30.1 Å². The number of hydrogen-bond donors (Lipinski definition) is 3. The van der Waals surface area contributed by atoms with E-state index in [-0.39, 0.29) is 43.1 Å². The number of carbonyl (C=O) groups excluding carboxylic acids is 2. The molecule has 0 aliphatic carbocycles. The van der Waals surface area contributed by atoms with Crippen LogP contribution >= 0.6 is 0 Å². The van der Waals surface area contributed by atoms with Crippen LogP contribution in [0.3, 0.4) is 0 Å². The Morgan fingerprint density at radius 1 is 1.10 bits per heavy atom. The number of urea groups is 1. The quantitative estimate of drug-likeness (QED) is 0.684. The van der Waals surface area contributed by atoms with E-state index >= 15 is 0 Å². The maximum Gasteiger partial charge on any atom is 0.323 e. The van der Waals surface area contributed by atoms with Gasteiger partial charge in [-0.05, 0) is 36.8 Å². The molecule has 4 atom stereocenters. The van der Waals surface area contributed by atoms with Crippen molar-refractivity contribution >= 4 is 23.3 Å². The predicted octanol–water partition coefficient (Wildman–Crippen LogP) is 2.80. The normalized spacial score (nSPS) is 23.8. The highest BCUT2D eigenvalue weighted by Crippen LogP contribution is 2.47. The van der Waals surface area contributed by atoms with Crippen LogP contribution in [0.2, 0.25) is 0 Å². The van der Waals surface area contributed by atoms with Crippen LogP contribution in [0.15, 0.2) is 48.5 Å². The SMILES string of the molecule is CN(C)C(=O)C[C@H]1C[C@@H]2c3cc(NC(=O)Nc4ccccc4)ccc3O[C@@H]2[C@@H](CO)O1. The minimum atomic E-state index is -0.510. The Morgan fingerprint density at radius 3 is 2.55 bits per heavy atom. The number of aliphatic hydroxyl groups is 1. The highest BCUT2D eigenvalue weighted by molar-refractivity contribution is 5.99. The van der Waals surface area contributed by atoms with E-state index in [4.69, 9.17) is 9.47 Å². The number of benzene rings is 2. The van der Waals surface area contributed by atoms with Crippen molar-refractivity contribution in [3.63, 3.8) is 0 Å². The maximum absolute atomic E-state index is 12.4. The molecular weight excluding hydrogens is 398 g/mol. The number of anilines is 2. The van der Waals surface area contributed by atoms with E-state index in [9.17, 15) is 14.7 Å². The number of nitrogens with one attached hydrogen (secondary N) is 2. The van der Waals surface area contributed by atoms with Crippen molar-refractivity contribution in [3.8, 4) is 5.75 Å². The Labute approximate surface area is 181 Å². The lowest BCUT2D eigenvalue weighted by Gasteiger charge is -2.37. The van der Waals surface area contributed by atoms with Gasteiger partial charge in [0.05, 0.1) is 19.1 Å². The average Bonchev–Trinajstić information content (AvgIpc) is 3.11. The monoisotopic (exact) mass is 425 g/mol. The minimum Gasteiger partial charge on any atom is -0.487 e. The molecule has 8 nitrogen and oxygen atoms in total. The Hall–Kier alpha value is -3.10. The Bertz CT molecular complexity index is 949. The zero-order valence-electron chi connectivity index (χ0n) is 17.6. The first-order valence-corrected chi connectivity index (χ1v) is 10.3. The van der Waals surface area contributed by atoms with Crippen LogP contribution in [0.1, 0.15) is 24.3 Å². The fourth-order valence-corrected chi connectivity index (χ4v) is 4.16. The van der Waals surface area contributed by atoms with Crippen LogP contribution in [0, 0.1) is 0 Å². The van der Waals surface area contributed by atoms with Crippen LogP contribution in [0.4, 0.5) is 16.2 Å². The van der Waals surface area contributed by atoms with Gasteiger partial charge in [0.2, 0.25) is 5.91 Å². The van der Waals surface area contributed by atoms with Gasteiger partial charge in [-0.25, -0.2) is 4.79 Å². The summed E-state index contributed by atoms with van der Waals surface area (Å²) in [5, 5.41) is 15.5. The van der Waals surface area contributed by atoms with Gasteiger partial charge in [-0.15, -0.1) is 0 Å². The number of ether oxygens (including phenoxy) is 2. The third-order valence-corrected chi connectivity index (χ3v) is 5.69. The molecule has 3 N–H and O–H groups in total. The lowest BCUT2D eigenvalue weighted by Crippen LogP contribution is -2.47. The standard InChI is InChI=1S/C23H27N3O5/c1-26(2)21(28)12-16-11-18-17-10-15(25-23(29)24-14-6-4-3-5-7-14)8-9-19(17)31-22(18)20(13-27)30-16/h3-10,16,18,20,22,27H,11-13H2,1-2H3,(H2,24,25,29)/t16-,18-,20-,22+/m1/s1. The summed E-state index contributed by atoms with van der Waals surface area (Å²) in [5.74, 6) is 0.665. The smallest absolute Gasteiger partial charge is 0.323 e. The van der Waals surface area contributed by atoms with Gasteiger partial charge >= 0.3 is 6.03 Å². The third kappa shape index (κ3) is 4.65. The topological polar surface area (TPSA) is 100 Å². The molecule has 0 aromatic heterocycles. The summed E-state index contributed by atoms with van der Waals surface area (Å²) in [7, 11) is 3.42. The summed E-state index contributed by atoms with van der Waals surface area (Å²) >= 11 is 0. The number of hydrogen-bond acceptors (Lipinski definition) is 5. The molecule has 0 saturated carbocycles. The fraction of sp³-hybridized carbons (Fsp3) is 0.391. The zero-order valence-corrected chi connectivity index (χ0v) is 17.6. The number of para-hydroxylation sites is 1. The molecule has 8 heteroatoms. The molecule has 2 heterocycles. The van der Waals surface area contributed by atoms with E-state index in [1.807, 2.05) is 42.5 Å². The van der Waals surface area contributed by atoms with Crippen LogP contribution in [-0.4, -0.2) is 61.0 Å². The minimum absolute atomic E-state index is 0.0210. The van der Waals surface area contributed by atoms with Gasteiger partial charge in [-0.3, -0.25) is 4.79 Å². The summed E-state index contributed by atoms with van der Waals surface area (Å²) < 4.78 is 12.0. The molecule has 0 bridgehead atoms. The first kappa shape index (κ1) is 21.1. The molecule has 31 heavy (non-hydrogen) atoms. The van der Waals surface area contributed by atoms with Crippen LogP contribution < -0.4 is 15.4 Å². The molecule has 3 amide bonds. The van der Waals surface area contributed by atoms with Crippen molar-refractivity contribution in [2.75, 3.05) is 31.3 Å². The highest BCUT2D eigenvalue weighted by Gasteiger charge is 2.46. The molecule has 1 saturated heterocycles. The molecule has 1 fully saturated rings. The molecule has 0 spiro atoms. The molecule has 2 aromatic rings. The average molecular weight is 425 g/mol.